The molecule has 2 unspecified atom stereocenters. The number of pyridine rings is 1. The number of aromatic nitrogens is 3. The SMILES string of the molecule is CCOc1cc(-c2nc(N3CCOC[C@H]3C)cc(C3(C)CCCS3(=O)=NC3CC3)n2)c2c(n1)CC=C2. The number of fused-ring (bicyclic) bond motifs is 1. The fraction of sp³-hybridized carbons (Fsp3) is 0.593. The van der Waals surface area contributed by atoms with Crippen LogP contribution in [-0.4, -0.2) is 63.4 Å². The predicted molar refractivity (Wildman–Crippen MR) is 142 cm³/mol. The van der Waals surface area contributed by atoms with Crippen molar-refractivity contribution in [3.8, 4) is 17.3 Å². The summed E-state index contributed by atoms with van der Waals surface area (Å²) >= 11 is 0. The topological polar surface area (TPSA) is 89.8 Å². The minimum Gasteiger partial charge on any atom is -0.478 e. The molecule has 3 fully saturated rings. The standard InChI is InChI=1S/C27H35N5O3S/c1-4-35-25-15-21(20-7-5-8-22(20)28-25)26-29-23(16-24(30-26)32-12-13-34-17-18(32)2)27(3)11-6-14-36(27,33)31-19-9-10-19/h5,7,15-16,18-19H,4,6,8-14,17H2,1-3H3/t18-,27?,36?/m1/s1. The maximum atomic E-state index is 14.3. The molecule has 4 aliphatic rings. The third-order valence-corrected chi connectivity index (χ3v) is 11.1. The maximum absolute atomic E-state index is 14.3. The Balaban J connectivity index is 1.55. The molecule has 0 bridgehead atoms. The van der Waals surface area contributed by atoms with E-state index in [2.05, 4.69) is 37.0 Å². The molecule has 9 heteroatoms. The number of ether oxygens (including phenoxy) is 2. The number of hydrogen-bond donors (Lipinski definition) is 0. The van der Waals surface area contributed by atoms with Gasteiger partial charge in [0, 0.05) is 42.0 Å². The summed E-state index contributed by atoms with van der Waals surface area (Å²) in [4.78, 5) is 17.2. The van der Waals surface area contributed by atoms with Crippen LogP contribution < -0.4 is 9.64 Å². The van der Waals surface area contributed by atoms with Crippen molar-refractivity contribution in [2.45, 2.75) is 69.7 Å². The van der Waals surface area contributed by atoms with Crippen molar-refractivity contribution in [1.29, 1.82) is 0 Å². The third-order valence-electron chi connectivity index (χ3n) is 7.80. The Kier molecular flexibility index (Phi) is 6.03. The second-order valence-corrected chi connectivity index (χ2v) is 13.3. The van der Waals surface area contributed by atoms with Gasteiger partial charge in [0.05, 0.1) is 57.8 Å². The zero-order chi connectivity index (χ0) is 24.9. The molecule has 0 aromatic carbocycles. The summed E-state index contributed by atoms with van der Waals surface area (Å²) in [6.07, 6.45) is 8.80. The van der Waals surface area contributed by atoms with Crippen molar-refractivity contribution in [2.75, 3.05) is 37.0 Å². The van der Waals surface area contributed by atoms with E-state index >= 15 is 0 Å². The van der Waals surface area contributed by atoms with Gasteiger partial charge in [-0.1, -0.05) is 12.2 Å². The first-order chi connectivity index (χ1) is 17.4. The smallest absolute Gasteiger partial charge is 0.214 e. The Bertz CT molecular complexity index is 1330. The maximum Gasteiger partial charge on any atom is 0.214 e. The van der Waals surface area contributed by atoms with Crippen molar-refractivity contribution in [3.63, 3.8) is 0 Å². The first-order valence-electron chi connectivity index (χ1n) is 13.2. The highest BCUT2D eigenvalue weighted by atomic mass is 32.2. The zero-order valence-electron chi connectivity index (χ0n) is 21.4. The molecule has 0 radical (unpaired) electrons. The van der Waals surface area contributed by atoms with Crippen molar-refractivity contribution < 1.29 is 13.7 Å². The van der Waals surface area contributed by atoms with Gasteiger partial charge in [0.15, 0.2) is 5.82 Å². The van der Waals surface area contributed by atoms with Gasteiger partial charge in [0.25, 0.3) is 0 Å². The molecule has 0 N–H and O–H groups in total. The number of morpholine rings is 1. The van der Waals surface area contributed by atoms with Crippen LogP contribution in [0.15, 0.2) is 22.6 Å². The lowest BCUT2D eigenvalue weighted by Crippen LogP contribution is -2.44. The Labute approximate surface area is 213 Å². The van der Waals surface area contributed by atoms with Gasteiger partial charge in [0.1, 0.15) is 5.82 Å². The molecule has 3 atom stereocenters. The molecule has 2 aromatic rings. The van der Waals surface area contributed by atoms with E-state index in [0.717, 1.165) is 67.0 Å². The van der Waals surface area contributed by atoms with Gasteiger partial charge in [-0.05, 0) is 46.5 Å². The average Bonchev–Trinajstić information content (AvgIpc) is 3.45. The molecule has 2 aromatic heterocycles. The molecule has 2 aliphatic carbocycles. The Morgan fingerprint density at radius 1 is 1.28 bits per heavy atom. The van der Waals surface area contributed by atoms with Crippen molar-refractivity contribution in [3.05, 3.63) is 35.2 Å². The molecule has 0 amide bonds. The fourth-order valence-corrected chi connectivity index (χ4v) is 8.44. The van der Waals surface area contributed by atoms with Crippen LogP contribution in [0.3, 0.4) is 0 Å². The average molecular weight is 510 g/mol. The summed E-state index contributed by atoms with van der Waals surface area (Å²) in [5.74, 6) is 2.72. The van der Waals surface area contributed by atoms with Crippen LogP contribution in [0.5, 0.6) is 5.88 Å². The second kappa shape index (κ2) is 9.10. The highest BCUT2D eigenvalue weighted by molar-refractivity contribution is 7.94. The molecule has 6 rings (SSSR count). The van der Waals surface area contributed by atoms with E-state index in [-0.39, 0.29) is 12.1 Å². The summed E-state index contributed by atoms with van der Waals surface area (Å²) in [5.41, 5.74) is 3.76. The summed E-state index contributed by atoms with van der Waals surface area (Å²) in [7, 11) is -2.43. The van der Waals surface area contributed by atoms with Crippen LogP contribution in [0.2, 0.25) is 0 Å². The van der Waals surface area contributed by atoms with E-state index in [1.54, 1.807) is 0 Å². The van der Waals surface area contributed by atoms with Gasteiger partial charge in [-0.3, -0.25) is 0 Å². The second-order valence-electron chi connectivity index (χ2n) is 10.5. The molecule has 8 nitrogen and oxygen atoms in total. The molecule has 4 heterocycles. The molecule has 2 saturated heterocycles. The minimum absolute atomic E-state index is 0.188. The number of anilines is 1. The summed E-state index contributed by atoms with van der Waals surface area (Å²) < 4.78 is 30.1. The van der Waals surface area contributed by atoms with Gasteiger partial charge in [-0.25, -0.2) is 23.5 Å². The fourth-order valence-electron chi connectivity index (χ4n) is 5.53. The minimum atomic E-state index is -2.43. The first-order valence-corrected chi connectivity index (χ1v) is 14.9. The molecule has 1 saturated carbocycles. The van der Waals surface area contributed by atoms with Crippen LogP contribution in [0.25, 0.3) is 17.5 Å². The quantitative estimate of drug-likeness (QED) is 0.571. The van der Waals surface area contributed by atoms with Crippen molar-refractivity contribution in [2.24, 2.45) is 4.36 Å². The van der Waals surface area contributed by atoms with Gasteiger partial charge in [0.2, 0.25) is 5.88 Å². The van der Waals surface area contributed by atoms with Gasteiger partial charge >= 0.3 is 0 Å². The monoisotopic (exact) mass is 509 g/mol. The lowest BCUT2D eigenvalue weighted by atomic mass is 10.00. The van der Waals surface area contributed by atoms with Gasteiger partial charge in [-0.2, -0.15) is 0 Å². The Morgan fingerprint density at radius 3 is 2.92 bits per heavy atom. The summed E-state index contributed by atoms with van der Waals surface area (Å²) in [6, 6.07) is 4.46. The van der Waals surface area contributed by atoms with E-state index in [9.17, 15) is 4.21 Å². The molecule has 0 spiro atoms. The first kappa shape index (κ1) is 23.9. The lowest BCUT2D eigenvalue weighted by molar-refractivity contribution is 0.0985. The van der Waals surface area contributed by atoms with Gasteiger partial charge < -0.3 is 14.4 Å². The molecular formula is C27H35N5O3S. The van der Waals surface area contributed by atoms with E-state index in [1.807, 2.05) is 13.0 Å². The van der Waals surface area contributed by atoms with E-state index in [1.165, 1.54) is 0 Å². The molecule has 192 valence electrons. The molecule has 36 heavy (non-hydrogen) atoms. The predicted octanol–water partition coefficient (Wildman–Crippen LogP) is 4.37. The van der Waals surface area contributed by atoms with Crippen LogP contribution in [-0.2, 0) is 25.6 Å². The van der Waals surface area contributed by atoms with Crippen LogP contribution in [0.4, 0.5) is 5.82 Å². The molecular weight excluding hydrogens is 474 g/mol. The van der Waals surface area contributed by atoms with Crippen LogP contribution in [0.1, 0.15) is 63.4 Å². The highest BCUT2D eigenvalue weighted by Gasteiger charge is 2.46. The molecule has 2 aliphatic heterocycles. The van der Waals surface area contributed by atoms with Crippen LogP contribution >= 0.6 is 0 Å². The van der Waals surface area contributed by atoms with Gasteiger partial charge in [-0.15, -0.1) is 0 Å². The highest BCUT2D eigenvalue weighted by Crippen LogP contribution is 2.45. The Morgan fingerprint density at radius 2 is 2.14 bits per heavy atom. The van der Waals surface area contributed by atoms with E-state index in [4.69, 9.17) is 28.8 Å². The lowest BCUT2D eigenvalue weighted by Gasteiger charge is -2.35. The number of hydrogen-bond acceptors (Lipinski definition) is 8. The third kappa shape index (κ3) is 4.10. The van der Waals surface area contributed by atoms with Crippen LogP contribution in [0, 0.1) is 0 Å². The zero-order valence-corrected chi connectivity index (χ0v) is 22.2. The number of nitrogens with zero attached hydrogens (tertiary/aromatic N) is 5. The number of allylic oxidation sites excluding steroid dienone is 1. The normalized spacial score (nSPS) is 29.4. The summed E-state index contributed by atoms with van der Waals surface area (Å²) in [6.45, 7) is 8.84. The van der Waals surface area contributed by atoms with Crippen molar-refractivity contribution in [1.82, 2.24) is 15.0 Å². The van der Waals surface area contributed by atoms with E-state index in [0.29, 0.717) is 37.3 Å². The number of rotatable bonds is 6. The van der Waals surface area contributed by atoms with Crippen molar-refractivity contribution >= 4 is 21.6 Å². The van der Waals surface area contributed by atoms with E-state index < -0.39 is 14.5 Å². The summed E-state index contributed by atoms with van der Waals surface area (Å²) in [5, 5.41) is 0. The largest absolute Gasteiger partial charge is 0.478 e. The Hall–Kier alpha value is -2.52.